The molecular weight excluding hydrogens is 649 g/mol. The second-order valence-electron chi connectivity index (χ2n) is 10.5. The fraction of sp³-hybridized carbons (Fsp3) is 0.188. The van der Waals surface area contributed by atoms with E-state index in [0.717, 1.165) is 24.3 Å². The highest BCUT2D eigenvalue weighted by atomic mass is 19.4. The zero-order valence-corrected chi connectivity index (χ0v) is 24.4. The molecule has 248 valence electrons. The van der Waals surface area contributed by atoms with Crippen molar-refractivity contribution in [1.82, 2.24) is 24.5 Å². The number of carbonyl (C=O) groups is 1. The lowest BCUT2D eigenvalue weighted by atomic mass is 9.93. The van der Waals surface area contributed by atoms with E-state index in [1.807, 2.05) is 0 Å². The van der Waals surface area contributed by atoms with Crippen LogP contribution in [0.1, 0.15) is 27.0 Å². The summed E-state index contributed by atoms with van der Waals surface area (Å²) in [5, 5.41) is 22.2. The number of ether oxygens (including phenoxy) is 1. The van der Waals surface area contributed by atoms with Crippen molar-refractivity contribution in [3.63, 3.8) is 0 Å². The summed E-state index contributed by atoms with van der Waals surface area (Å²) in [6, 6.07) is 13.9. The van der Waals surface area contributed by atoms with Gasteiger partial charge in [-0.3, -0.25) is 9.48 Å². The van der Waals surface area contributed by atoms with Gasteiger partial charge in [0.25, 0.3) is 5.91 Å². The third kappa shape index (κ3) is 8.17. The summed E-state index contributed by atoms with van der Waals surface area (Å²) in [7, 11) is 0. The lowest BCUT2D eigenvalue weighted by molar-refractivity contribution is -0.290. The molecule has 2 heterocycles. The SMILES string of the molecule is O=C(Nc1ccc(OCC(F)(F)C(F)(F)F)cc1)c1ccc(C#Cc2cnn(CC(O)(Cn3cncn3)c3ccc(F)cc3F)c2)cc1. The Balaban J connectivity index is 1.20. The van der Waals surface area contributed by atoms with Gasteiger partial charge < -0.3 is 15.2 Å². The Morgan fingerprint density at radius 1 is 0.875 bits per heavy atom. The van der Waals surface area contributed by atoms with E-state index in [1.165, 1.54) is 58.7 Å². The number of amides is 1. The number of nitrogens with zero attached hydrogens (tertiary/aromatic N) is 5. The number of benzene rings is 3. The van der Waals surface area contributed by atoms with Crippen molar-refractivity contribution in [2.45, 2.75) is 30.8 Å². The first kappa shape index (κ1) is 33.7. The number of rotatable bonds is 10. The smallest absolute Gasteiger partial charge is 0.456 e. The maximum atomic E-state index is 14.7. The minimum atomic E-state index is -5.74. The molecule has 0 aliphatic rings. The molecule has 0 radical (unpaired) electrons. The normalized spacial score (nSPS) is 12.9. The summed E-state index contributed by atoms with van der Waals surface area (Å²) in [5.41, 5.74) is -0.571. The Kier molecular flexibility index (Phi) is 9.52. The van der Waals surface area contributed by atoms with Gasteiger partial charge in [0.2, 0.25) is 0 Å². The molecule has 48 heavy (non-hydrogen) atoms. The maximum absolute atomic E-state index is 14.7. The fourth-order valence-corrected chi connectivity index (χ4v) is 4.40. The van der Waals surface area contributed by atoms with Gasteiger partial charge in [-0.15, -0.1) is 0 Å². The molecule has 2 aromatic heterocycles. The molecule has 0 saturated heterocycles. The van der Waals surface area contributed by atoms with E-state index in [9.17, 15) is 40.6 Å². The number of hydrogen-bond acceptors (Lipinski definition) is 6. The van der Waals surface area contributed by atoms with Gasteiger partial charge in [-0.1, -0.05) is 17.9 Å². The number of carbonyl (C=O) groups excluding carboxylic acids is 1. The van der Waals surface area contributed by atoms with Crippen molar-refractivity contribution in [2.24, 2.45) is 0 Å². The number of hydrogen-bond donors (Lipinski definition) is 2. The summed E-state index contributed by atoms with van der Waals surface area (Å²) in [6.07, 6.45) is -0.182. The first-order valence-corrected chi connectivity index (χ1v) is 13.8. The molecular formula is C32H23F7N6O3. The van der Waals surface area contributed by atoms with E-state index < -0.39 is 41.8 Å². The van der Waals surface area contributed by atoms with Crippen LogP contribution in [0.3, 0.4) is 0 Å². The largest absolute Gasteiger partial charge is 0.487 e. The third-order valence-corrected chi connectivity index (χ3v) is 6.82. The minimum absolute atomic E-state index is 0.162. The minimum Gasteiger partial charge on any atom is -0.487 e. The summed E-state index contributed by atoms with van der Waals surface area (Å²) in [5.74, 6) is -1.70. The van der Waals surface area contributed by atoms with Crippen molar-refractivity contribution >= 4 is 11.6 Å². The van der Waals surface area contributed by atoms with Crippen molar-refractivity contribution in [3.05, 3.63) is 126 Å². The molecule has 1 amide bonds. The van der Waals surface area contributed by atoms with E-state index in [2.05, 4.69) is 37.1 Å². The summed E-state index contributed by atoms with van der Waals surface area (Å²) < 4.78 is 98.5. The molecule has 3 aromatic carbocycles. The number of alkyl halides is 5. The molecule has 0 fully saturated rings. The van der Waals surface area contributed by atoms with Gasteiger partial charge in [0.15, 0.2) is 6.61 Å². The number of nitrogens with one attached hydrogen (secondary N) is 1. The predicted octanol–water partition coefficient (Wildman–Crippen LogP) is 5.57. The molecule has 5 rings (SSSR count). The average Bonchev–Trinajstić information content (AvgIpc) is 3.71. The third-order valence-electron chi connectivity index (χ3n) is 6.82. The Morgan fingerprint density at radius 3 is 2.21 bits per heavy atom. The van der Waals surface area contributed by atoms with E-state index in [-0.39, 0.29) is 35.7 Å². The van der Waals surface area contributed by atoms with Gasteiger partial charge in [-0.05, 0) is 54.6 Å². The van der Waals surface area contributed by atoms with Crippen molar-refractivity contribution in [3.8, 4) is 17.6 Å². The predicted molar refractivity (Wildman–Crippen MR) is 156 cm³/mol. The number of anilines is 1. The number of aliphatic hydroxyl groups is 1. The van der Waals surface area contributed by atoms with Crippen LogP contribution in [0, 0.1) is 23.5 Å². The van der Waals surface area contributed by atoms with E-state index >= 15 is 0 Å². The highest BCUT2D eigenvalue weighted by Crippen LogP contribution is 2.36. The van der Waals surface area contributed by atoms with E-state index in [0.29, 0.717) is 17.2 Å². The van der Waals surface area contributed by atoms with Gasteiger partial charge in [0.05, 0.1) is 24.8 Å². The molecule has 0 aliphatic heterocycles. The van der Waals surface area contributed by atoms with Gasteiger partial charge >= 0.3 is 12.1 Å². The lowest BCUT2D eigenvalue weighted by Crippen LogP contribution is -2.41. The average molecular weight is 673 g/mol. The van der Waals surface area contributed by atoms with Crippen LogP contribution in [0.2, 0.25) is 0 Å². The van der Waals surface area contributed by atoms with Crippen LogP contribution in [-0.4, -0.2) is 54.3 Å². The Morgan fingerprint density at radius 2 is 1.56 bits per heavy atom. The zero-order valence-electron chi connectivity index (χ0n) is 24.4. The van der Waals surface area contributed by atoms with Crippen molar-refractivity contribution in [2.75, 3.05) is 11.9 Å². The standard InChI is InChI=1S/C32H23F7N6O3/c33-24-7-12-27(28(34)13-24)30(47,17-45-20-40-19-42-45)16-44-15-22(14-41-44)2-1-21-3-5-23(6-4-21)29(46)43-25-8-10-26(11-9-25)48-18-31(35,36)32(37,38)39/h3-15,19-20,47H,16-18H2,(H,43,46). The topological polar surface area (TPSA) is 107 Å². The number of halogens is 7. The molecule has 9 nitrogen and oxygen atoms in total. The van der Waals surface area contributed by atoms with E-state index in [4.69, 9.17) is 0 Å². The first-order valence-electron chi connectivity index (χ1n) is 13.8. The van der Waals surface area contributed by atoms with Crippen LogP contribution in [-0.2, 0) is 18.7 Å². The first-order chi connectivity index (χ1) is 22.7. The zero-order chi connectivity index (χ0) is 34.5. The highest BCUT2D eigenvalue weighted by Gasteiger charge is 2.58. The Labute approximate surface area is 267 Å². The Hall–Kier alpha value is -5.69. The quantitative estimate of drug-likeness (QED) is 0.149. The van der Waals surface area contributed by atoms with Gasteiger partial charge in [0.1, 0.15) is 35.6 Å². The van der Waals surface area contributed by atoms with Gasteiger partial charge in [-0.2, -0.15) is 32.1 Å². The van der Waals surface area contributed by atoms with Crippen LogP contribution < -0.4 is 10.1 Å². The molecule has 2 N–H and O–H groups in total. The maximum Gasteiger partial charge on any atom is 0.456 e. The monoisotopic (exact) mass is 672 g/mol. The molecule has 0 aliphatic carbocycles. The molecule has 1 atom stereocenters. The van der Waals surface area contributed by atoms with Crippen LogP contribution in [0.25, 0.3) is 0 Å². The lowest BCUT2D eigenvalue weighted by Gasteiger charge is -2.28. The van der Waals surface area contributed by atoms with Crippen LogP contribution >= 0.6 is 0 Å². The Bertz CT molecular complexity index is 1930. The summed E-state index contributed by atoms with van der Waals surface area (Å²) in [4.78, 5) is 16.5. The van der Waals surface area contributed by atoms with Crippen LogP contribution in [0.5, 0.6) is 5.75 Å². The van der Waals surface area contributed by atoms with Crippen LogP contribution in [0.4, 0.5) is 36.4 Å². The molecule has 0 saturated carbocycles. The second-order valence-corrected chi connectivity index (χ2v) is 10.5. The second kappa shape index (κ2) is 13.6. The molecule has 0 bridgehead atoms. The van der Waals surface area contributed by atoms with Gasteiger partial charge in [-0.25, -0.2) is 18.4 Å². The molecule has 1 unspecified atom stereocenters. The molecule has 16 heteroatoms. The van der Waals surface area contributed by atoms with Gasteiger partial charge in [0, 0.05) is 34.6 Å². The molecule has 5 aromatic rings. The van der Waals surface area contributed by atoms with Crippen molar-refractivity contribution < 1.29 is 45.4 Å². The highest BCUT2D eigenvalue weighted by molar-refractivity contribution is 6.04. The summed E-state index contributed by atoms with van der Waals surface area (Å²) in [6.45, 7) is -2.32. The summed E-state index contributed by atoms with van der Waals surface area (Å²) >= 11 is 0. The number of aromatic nitrogens is 5. The molecule has 0 spiro atoms. The van der Waals surface area contributed by atoms with Crippen LogP contribution in [0.15, 0.2) is 91.8 Å². The van der Waals surface area contributed by atoms with Crippen molar-refractivity contribution in [1.29, 1.82) is 0 Å². The van der Waals surface area contributed by atoms with E-state index in [1.54, 1.807) is 12.1 Å². The fourth-order valence-electron chi connectivity index (χ4n) is 4.40.